The van der Waals surface area contributed by atoms with Crippen molar-refractivity contribution in [2.24, 2.45) is 0 Å². The molecule has 0 aromatic heterocycles. The monoisotopic (exact) mass is 372 g/mol. The minimum absolute atomic E-state index is 0.0590. The first kappa shape index (κ1) is 15.5. The van der Waals surface area contributed by atoms with Gasteiger partial charge >= 0.3 is 0 Å². The van der Waals surface area contributed by atoms with Gasteiger partial charge in [0.2, 0.25) is 5.91 Å². The summed E-state index contributed by atoms with van der Waals surface area (Å²) >= 11 is 3.18. The molecule has 5 heteroatoms. The lowest BCUT2D eigenvalue weighted by molar-refractivity contribution is -0.114. The molecule has 0 aliphatic carbocycles. The summed E-state index contributed by atoms with van der Waals surface area (Å²) in [6, 6.07) is 18.3. The first-order valence-corrected chi connectivity index (χ1v) is 7.89. The average Bonchev–Trinajstić information content (AvgIpc) is 2.55. The average molecular weight is 373 g/mol. The molecule has 0 saturated heterocycles. The smallest absolute Gasteiger partial charge is 0.243 e. The number of fused-ring (bicyclic) bond motifs is 1. The second-order valence-corrected chi connectivity index (χ2v) is 5.97. The van der Waals surface area contributed by atoms with E-state index < -0.39 is 5.82 Å². The van der Waals surface area contributed by atoms with E-state index in [1.165, 1.54) is 12.1 Å². The van der Waals surface area contributed by atoms with Gasteiger partial charge in [-0.2, -0.15) is 0 Å². The number of carbonyl (C=O) groups excluding carboxylic acids is 1. The number of hydrogen-bond acceptors (Lipinski definition) is 2. The lowest BCUT2D eigenvalue weighted by Gasteiger charge is -2.11. The Hall–Kier alpha value is -2.40. The molecule has 0 bridgehead atoms. The summed E-state index contributed by atoms with van der Waals surface area (Å²) in [5.41, 5.74) is 1.03. The molecule has 3 nitrogen and oxygen atoms in total. The molecule has 2 N–H and O–H groups in total. The summed E-state index contributed by atoms with van der Waals surface area (Å²) in [7, 11) is 0. The Morgan fingerprint density at radius 1 is 1.00 bits per heavy atom. The molecule has 0 atom stereocenters. The van der Waals surface area contributed by atoms with Crippen LogP contribution in [0.4, 0.5) is 15.8 Å². The van der Waals surface area contributed by atoms with Crippen LogP contribution in [0.1, 0.15) is 0 Å². The fourth-order valence-electron chi connectivity index (χ4n) is 2.34. The van der Waals surface area contributed by atoms with Crippen molar-refractivity contribution in [2.45, 2.75) is 0 Å². The van der Waals surface area contributed by atoms with Crippen LogP contribution < -0.4 is 10.6 Å². The minimum atomic E-state index is -0.474. The molecule has 0 aliphatic rings. The van der Waals surface area contributed by atoms with Crippen molar-refractivity contribution in [1.29, 1.82) is 0 Å². The van der Waals surface area contributed by atoms with E-state index in [0.717, 1.165) is 16.5 Å². The maximum absolute atomic E-state index is 13.7. The first-order valence-electron chi connectivity index (χ1n) is 7.10. The van der Waals surface area contributed by atoms with Gasteiger partial charge in [0.25, 0.3) is 0 Å². The van der Waals surface area contributed by atoms with E-state index in [2.05, 4.69) is 26.6 Å². The lowest BCUT2D eigenvalue weighted by atomic mass is 10.1. The third-order valence-electron chi connectivity index (χ3n) is 3.43. The molecule has 0 heterocycles. The van der Waals surface area contributed by atoms with Crippen LogP contribution in [0.2, 0.25) is 0 Å². The highest BCUT2D eigenvalue weighted by Crippen LogP contribution is 2.23. The van der Waals surface area contributed by atoms with Crippen LogP contribution in [-0.2, 0) is 4.79 Å². The Kier molecular flexibility index (Phi) is 4.57. The van der Waals surface area contributed by atoms with Gasteiger partial charge in [-0.05, 0) is 29.7 Å². The molecule has 0 saturated carbocycles. The van der Waals surface area contributed by atoms with Crippen LogP contribution >= 0.6 is 15.9 Å². The summed E-state index contributed by atoms with van der Waals surface area (Å²) in [5.74, 6) is -0.781. The Labute approximate surface area is 141 Å². The summed E-state index contributed by atoms with van der Waals surface area (Å²) in [6.07, 6.45) is 0. The van der Waals surface area contributed by atoms with E-state index in [-0.39, 0.29) is 18.1 Å². The summed E-state index contributed by atoms with van der Waals surface area (Å²) in [4.78, 5) is 12.0. The zero-order valence-corrected chi connectivity index (χ0v) is 13.7. The predicted molar refractivity (Wildman–Crippen MR) is 95.2 cm³/mol. The third-order valence-corrected chi connectivity index (χ3v) is 3.93. The molecule has 3 aromatic carbocycles. The van der Waals surface area contributed by atoms with E-state index in [1.807, 2.05) is 42.5 Å². The highest BCUT2D eigenvalue weighted by atomic mass is 79.9. The number of amides is 1. The van der Waals surface area contributed by atoms with Crippen LogP contribution in [0.3, 0.4) is 0 Å². The minimum Gasteiger partial charge on any atom is -0.376 e. The Balaban J connectivity index is 1.69. The highest BCUT2D eigenvalue weighted by molar-refractivity contribution is 9.10. The lowest BCUT2D eigenvalue weighted by Crippen LogP contribution is -2.22. The topological polar surface area (TPSA) is 41.1 Å². The van der Waals surface area contributed by atoms with Crippen LogP contribution in [0.25, 0.3) is 10.8 Å². The zero-order chi connectivity index (χ0) is 16.2. The number of halogens is 2. The van der Waals surface area contributed by atoms with Crippen LogP contribution in [0, 0.1) is 5.82 Å². The zero-order valence-electron chi connectivity index (χ0n) is 12.1. The fraction of sp³-hybridized carbons (Fsp3) is 0.0556. The van der Waals surface area contributed by atoms with E-state index in [4.69, 9.17) is 0 Å². The second-order valence-electron chi connectivity index (χ2n) is 5.05. The van der Waals surface area contributed by atoms with Crippen molar-refractivity contribution < 1.29 is 9.18 Å². The summed E-state index contributed by atoms with van der Waals surface area (Å²) in [5, 5.41) is 7.79. The van der Waals surface area contributed by atoms with Crippen molar-refractivity contribution in [3.63, 3.8) is 0 Å². The molecule has 3 aromatic rings. The van der Waals surface area contributed by atoms with Crippen molar-refractivity contribution in [2.75, 3.05) is 17.2 Å². The molecule has 0 fully saturated rings. The van der Waals surface area contributed by atoms with Gasteiger partial charge < -0.3 is 10.6 Å². The van der Waals surface area contributed by atoms with Crippen molar-refractivity contribution in [1.82, 2.24) is 0 Å². The van der Waals surface area contributed by atoms with Gasteiger partial charge in [0.1, 0.15) is 5.82 Å². The molecule has 116 valence electrons. The molecule has 0 radical (unpaired) electrons. The normalized spacial score (nSPS) is 10.5. The predicted octanol–water partition coefficient (Wildman–Crippen LogP) is 4.79. The molecule has 3 rings (SSSR count). The molecule has 0 aliphatic heterocycles. The number of rotatable bonds is 4. The largest absolute Gasteiger partial charge is 0.376 e. The van der Waals surface area contributed by atoms with E-state index >= 15 is 0 Å². The van der Waals surface area contributed by atoms with Gasteiger partial charge in [-0.15, -0.1) is 0 Å². The molecular formula is C18H14BrFN2O. The van der Waals surface area contributed by atoms with Crippen LogP contribution in [0.5, 0.6) is 0 Å². The Bertz CT molecular complexity index is 861. The first-order chi connectivity index (χ1) is 11.1. The van der Waals surface area contributed by atoms with E-state index in [1.54, 1.807) is 6.07 Å². The number of anilines is 2. The maximum Gasteiger partial charge on any atom is 0.243 e. The van der Waals surface area contributed by atoms with Crippen molar-refractivity contribution >= 4 is 44.0 Å². The summed E-state index contributed by atoms with van der Waals surface area (Å²) < 4.78 is 14.3. The van der Waals surface area contributed by atoms with Gasteiger partial charge in [0.15, 0.2) is 0 Å². The fourth-order valence-corrected chi connectivity index (χ4v) is 2.67. The number of carbonyl (C=O) groups is 1. The number of nitrogens with one attached hydrogen (secondary N) is 2. The highest BCUT2D eigenvalue weighted by Gasteiger charge is 2.08. The van der Waals surface area contributed by atoms with Gasteiger partial charge in [0, 0.05) is 15.5 Å². The molecular weight excluding hydrogens is 359 g/mol. The molecule has 23 heavy (non-hydrogen) atoms. The van der Waals surface area contributed by atoms with Crippen LogP contribution in [-0.4, -0.2) is 12.5 Å². The van der Waals surface area contributed by atoms with E-state index in [0.29, 0.717) is 4.47 Å². The van der Waals surface area contributed by atoms with Gasteiger partial charge in [-0.1, -0.05) is 52.3 Å². The quantitative estimate of drug-likeness (QED) is 0.690. The molecule has 0 spiro atoms. The molecule has 0 unspecified atom stereocenters. The number of hydrogen-bond donors (Lipinski definition) is 2. The van der Waals surface area contributed by atoms with Gasteiger partial charge in [-0.3, -0.25) is 4.79 Å². The summed E-state index contributed by atoms with van der Waals surface area (Å²) in [6.45, 7) is 0.0590. The third kappa shape index (κ3) is 3.68. The Morgan fingerprint density at radius 3 is 2.61 bits per heavy atom. The second kappa shape index (κ2) is 6.79. The molecule has 1 amide bonds. The van der Waals surface area contributed by atoms with Gasteiger partial charge in [0.05, 0.1) is 12.2 Å². The number of benzene rings is 3. The van der Waals surface area contributed by atoms with Crippen LogP contribution in [0.15, 0.2) is 65.1 Å². The van der Waals surface area contributed by atoms with Crippen molar-refractivity contribution in [3.05, 3.63) is 71.0 Å². The van der Waals surface area contributed by atoms with E-state index in [9.17, 15) is 9.18 Å². The SMILES string of the molecule is O=C(CNc1cccc2ccccc12)Nc1ccc(Br)cc1F. The maximum atomic E-state index is 13.7. The van der Waals surface area contributed by atoms with Crippen molar-refractivity contribution in [3.8, 4) is 0 Å². The standard InChI is InChI=1S/C18H14BrFN2O/c19-13-8-9-17(15(20)10-13)22-18(23)11-21-16-7-3-5-12-4-1-2-6-14(12)16/h1-10,21H,11H2,(H,22,23). The Morgan fingerprint density at radius 2 is 1.78 bits per heavy atom. The van der Waals surface area contributed by atoms with Gasteiger partial charge in [-0.25, -0.2) is 4.39 Å².